The second-order valence-electron chi connectivity index (χ2n) is 5.08. The largest absolute Gasteiger partial charge is 0.481 e. The summed E-state index contributed by atoms with van der Waals surface area (Å²) in [6.07, 6.45) is 3.83. The van der Waals surface area contributed by atoms with E-state index in [9.17, 15) is 14.9 Å². The Morgan fingerprint density at radius 2 is 2.04 bits per heavy atom. The molecule has 0 fully saturated rings. The lowest BCUT2D eigenvalue weighted by Gasteiger charge is -2.18. The van der Waals surface area contributed by atoms with Crippen molar-refractivity contribution in [2.24, 2.45) is 0 Å². The van der Waals surface area contributed by atoms with Crippen LogP contribution in [-0.4, -0.2) is 21.0 Å². The Balaban J connectivity index is 2.09. The van der Waals surface area contributed by atoms with Crippen molar-refractivity contribution in [2.45, 2.75) is 25.4 Å². The molecule has 0 radical (unpaired) electrons. The lowest BCUT2D eigenvalue weighted by atomic mass is 10.0. The van der Waals surface area contributed by atoms with Crippen LogP contribution in [-0.2, 0) is 11.3 Å². The Hall–Kier alpha value is -2.80. The zero-order valence-electron chi connectivity index (χ0n) is 12.4. The third-order valence-electron chi connectivity index (χ3n) is 3.43. The minimum absolute atomic E-state index is 0.0120. The van der Waals surface area contributed by atoms with E-state index in [1.807, 2.05) is 12.1 Å². The lowest BCUT2D eigenvalue weighted by molar-refractivity contribution is -0.384. The number of carboxylic acids is 1. The van der Waals surface area contributed by atoms with Crippen LogP contribution in [0.1, 0.15) is 30.0 Å². The zero-order chi connectivity index (χ0) is 16.7. The molecule has 0 aliphatic heterocycles. The van der Waals surface area contributed by atoms with Gasteiger partial charge in [-0.2, -0.15) is 0 Å². The first-order chi connectivity index (χ1) is 11.1. The summed E-state index contributed by atoms with van der Waals surface area (Å²) < 4.78 is 0. The van der Waals surface area contributed by atoms with Crippen LogP contribution >= 0.6 is 0 Å². The van der Waals surface area contributed by atoms with Gasteiger partial charge >= 0.3 is 5.97 Å². The van der Waals surface area contributed by atoms with Crippen molar-refractivity contribution in [2.75, 3.05) is 0 Å². The van der Waals surface area contributed by atoms with Crippen molar-refractivity contribution in [3.63, 3.8) is 0 Å². The Bertz CT molecular complexity index is 659. The highest BCUT2D eigenvalue weighted by atomic mass is 16.6. The summed E-state index contributed by atoms with van der Waals surface area (Å²) >= 11 is 0. The van der Waals surface area contributed by atoms with E-state index in [-0.39, 0.29) is 18.2 Å². The van der Waals surface area contributed by atoms with Crippen molar-refractivity contribution >= 4 is 11.7 Å². The van der Waals surface area contributed by atoms with E-state index in [4.69, 9.17) is 5.11 Å². The highest BCUT2D eigenvalue weighted by molar-refractivity contribution is 5.66. The SMILES string of the molecule is O=C(O)CCC(NCc1cccnc1)c1ccc([N+](=O)[O-])cc1. The van der Waals surface area contributed by atoms with Gasteiger partial charge in [0.25, 0.3) is 5.69 Å². The van der Waals surface area contributed by atoms with E-state index < -0.39 is 10.9 Å². The fourth-order valence-corrected chi connectivity index (χ4v) is 2.23. The maximum atomic E-state index is 10.8. The summed E-state index contributed by atoms with van der Waals surface area (Å²) in [4.78, 5) is 25.1. The molecule has 2 rings (SSSR count). The summed E-state index contributed by atoms with van der Waals surface area (Å²) in [6, 6.07) is 9.71. The van der Waals surface area contributed by atoms with Crippen LogP contribution < -0.4 is 5.32 Å². The van der Waals surface area contributed by atoms with Gasteiger partial charge < -0.3 is 10.4 Å². The molecule has 2 aromatic rings. The summed E-state index contributed by atoms with van der Waals surface area (Å²) in [5.74, 6) is -0.875. The Morgan fingerprint density at radius 3 is 2.61 bits per heavy atom. The van der Waals surface area contributed by atoms with Crippen molar-refractivity contribution in [3.05, 3.63) is 70.0 Å². The van der Waals surface area contributed by atoms with Gasteiger partial charge in [0.2, 0.25) is 0 Å². The standard InChI is InChI=1S/C16H17N3O4/c20-16(21)8-7-15(18-11-12-2-1-9-17-10-12)13-3-5-14(6-4-13)19(22)23/h1-6,9-10,15,18H,7-8,11H2,(H,20,21). The number of aliphatic carboxylic acids is 1. The summed E-state index contributed by atoms with van der Waals surface area (Å²) in [7, 11) is 0. The number of rotatable bonds is 8. The predicted octanol–water partition coefficient (Wildman–Crippen LogP) is 2.69. The highest BCUT2D eigenvalue weighted by Crippen LogP contribution is 2.22. The molecule has 7 heteroatoms. The molecular weight excluding hydrogens is 298 g/mol. The van der Waals surface area contributed by atoms with Gasteiger partial charge in [0.15, 0.2) is 0 Å². The van der Waals surface area contributed by atoms with Crippen molar-refractivity contribution in [1.82, 2.24) is 10.3 Å². The van der Waals surface area contributed by atoms with E-state index in [0.717, 1.165) is 11.1 Å². The minimum atomic E-state index is -0.875. The monoisotopic (exact) mass is 315 g/mol. The van der Waals surface area contributed by atoms with E-state index in [0.29, 0.717) is 13.0 Å². The van der Waals surface area contributed by atoms with E-state index in [2.05, 4.69) is 10.3 Å². The average Bonchev–Trinajstić information content (AvgIpc) is 2.56. The number of pyridine rings is 1. The maximum absolute atomic E-state index is 10.8. The van der Waals surface area contributed by atoms with Gasteiger partial charge in [-0.15, -0.1) is 0 Å². The first-order valence-electron chi connectivity index (χ1n) is 7.14. The lowest BCUT2D eigenvalue weighted by Crippen LogP contribution is -2.22. The molecule has 7 nitrogen and oxygen atoms in total. The van der Waals surface area contributed by atoms with E-state index >= 15 is 0 Å². The second kappa shape index (κ2) is 8.00. The minimum Gasteiger partial charge on any atom is -0.481 e. The molecule has 1 aromatic heterocycles. The molecule has 1 atom stereocenters. The predicted molar refractivity (Wildman–Crippen MR) is 83.8 cm³/mol. The zero-order valence-corrected chi connectivity index (χ0v) is 12.4. The number of carbonyl (C=O) groups is 1. The van der Waals surface area contributed by atoms with E-state index in [1.54, 1.807) is 24.5 Å². The first kappa shape index (κ1) is 16.6. The molecule has 0 amide bonds. The Kier molecular flexibility index (Phi) is 5.76. The Labute approximate surface area is 133 Å². The summed E-state index contributed by atoms with van der Waals surface area (Å²) in [5.41, 5.74) is 1.81. The molecule has 120 valence electrons. The number of nitrogens with one attached hydrogen (secondary N) is 1. The quantitative estimate of drug-likeness (QED) is 0.573. The number of hydrogen-bond acceptors (Lipinski definition) is 5. The fraction of sp³-hybridized carbons (Fsp3) is 0.250. The average molecular weight is 315 g/mol. The van der Waals surface area contributed by atoms with Crippen molar-refractivity contribution in [3.8, 4) is 0 Å². The van der Waals surface area contributed by atoms with Crippen molar-refractivity contribution in [1.29, 1.82) is 0 Å². The topological polar surface area (TPSA) is 105 Å². The first-order valence-corrected chi connectivity index (χ1v) is 7.14. The van der Waals surface area contributed by atoms with Gasteiger partial charge in [0.1, 0.15) is 0 Å². The number of aromatic nitrogens is 1. The maximum Gasteiger partial charge on any atom is 0.303 e. The molecule has 0 spiro atoms. The van der Waals surface area contributed by atoms with Gasteiger partial charge in [-0.3, -0.25) is 19.9 Å². The van der Waals surface area contributed by atoms with Crippen LogP contribution in [0.5, 0.6) is 0 Å². The highest BCUT2D eigenvalue weighted by Gasteiger charge is 2.14. The number of non-ortho nitro benzene ring substituents is 1. The molecular formula is C16H17N3O4. The molecule has 0 aliphatic rings. The fourth-order valence-electron chi connectivity index (χ4n) is 2.23. The molecule has 1 heterocycles. The molecule has 1 aromatic carbocycles. The second-order valence-corrected chi connectivity index (χ2v) is 5.08. The number of nitrogens with zero attached hydrogens (tertiary/aromatic N) is 2. The number of nitro benzene ring substituents is 1. The number of carboxylic acid groups (broad SMARTS) is 1. The van der Waals surface area contributed by atoms with Crippen molar-refractivity contribution < 1.29 is 14.8 Å². The van der Waals surface area contributed by atoms with Gasteiger partial charge in [-0.05, 0) is 23.6 Å². The molecule has 23 heavy (non-hydrogen) atoms. The smallest absolute Gasteiger partial charge is 0.303 e. The number of hydrogen-bond donors (Lipinski definition) is 2. The number of nitro groups is 1. The van der Waals surface area contributed by atoms with Gasteiger partial charge in [-0.1, -0.05) is 18.2 Å². The van der Waals surface area contributed by atoms with Crippen LogP contribution in [0, 0.1) is 10.1 Å². The van der Waals surface area contributed by atoms with Crippen LogP contribution in [0.15, 0.2) is 48.8 Å². The summed E-state index contributed by atoms with van der Waals surface area (Å²) in [5, 5.41) is 22.9. The number of benzene rings is 1. The molecule has 0 aliphatic carbocycles. The summed E-state index contributed by atoms with van der Waals surface area (Å²) in [6.45, 7) is 0.537. The van der Waals surface area contributed by atoms with Gasteiger partial charge in [0.05, 0.1) is 4.92 Å². The molecule has 0 saturated heterocycles. The van der Waals surface area contributed by atoms with Crippen LogP contribution in [0.25, 0.3) is 0 Å². The van der Waals surface area contributed by atoms with Crippen LogP contribution in [0.3, 0.4) is 0 Å². The van der Waals surface area contributed by atoms with Gasteiger partial charge in [-0.25, -0.2) is 0 Å². The molecule has 1 unspecified atom stereocenters. The third kappa shape index (κ3) is 5.15. The van der Waals surface area contributed by atoms with E-state index in [1.165, 1.54) is 12.1 Å². The van der Waals surface area contributed by atoms with Crippen LogP contribution in [0.4, 0.5) is 5.69 Å². The van der Waals surface area contributed by atoms with Crippen LogP contribution in [0.2, 0.25) is 0 Å². The molecule has 0 saturated carbocycles. The molecule has 2 N–H and O–H groups in total. The normalized spacial score (nSPS) is 11.8. The van der Waals surface area contributed by atoms with Gasteiger partial charge in [0, 0.05) is 43.5 Å². The molecule has 0 bridgehead atoms. The Morgan fingerprint density at radius 1 is 1.30 bits per heavy atom. The third-order valence-corrected chi connectivity index (χ3v) is 3.43.